The van der Waals surface area contributed by atoms with Gasteiger partial charge in [0.2, 0.25) is 0 Å². The van der Waals surface area contributed by atoms with Crippen LogP contribution < -0.4 is 10.6 Å². The number of nitrogens with zero attached hydrogens (tertiary/aromatic N) is 1. The Morgan fingerprint density at radius 3 is 2.79 bits per heavy atom. The standard InChI is InChI=1S/C18H16ClN3S2/c1-12-21-17(11-24-12)13-6-4-7-15(9-13)22-18(23)20-10-14-5-2-3-8-16(14)19/h2-9,11H,10H2,1H3,(H2,20,22,23). The molecule has 6 heteroatoms. The molecule has 3 rings (SSSR count). The second-order valence-electron chi connectivity index (χ2n) is 5.23. The summed E-state index contributed by atoms with van der Waals surface area (Å²) in [4.78, 5) is 4.51. The largest absolute Gasteiger partial charge is 0.358 e. The van der Waals surface area contributed by atoms with Gasteiger partial charge in [-0.1, -0.05) is 41.9 Å². The van der Waals surface area contributed by atoms with E-state index >= 15 is 0 Å². The van der Waals surface area contributed by atoms with Crippen LogP contribution in [0.2, 0.25) is 5.02 Å². The van der Waals surface area contributed by atoms with Crippen LogP contribution in [0.1, 0.15) is 10.6 Å². The van der Waals surface area contributed by atoms with Crippen molar-refractivity contribution in [2.45, 2.75) is 13.5 Å². The molecule has 0 unspecified atom stereocenters. The Morgan fingerprint density at radius 1 is 1.21 bits per heavy atom. The fourth-order valence-corrected chi connectivity index (χ4v) is 3.26. The smallest absolute Gasteiger partial charge is 0.171 e. The third-order valence-electron chi connectivity index (χ3n) is 3.43. The van der Waals surface area contributed by atoms with Gasteiger partial charge >= 0.3 is 0 Å². The monoisotopic (exact) mass is 373 g/mol. The number of nitrogens with one attached hydrogen (secondary N) is 2. The van der Waals surface area contributed by atoms with Crippen LogP contribution in [0.15, 0.2) is 53.9 Å². The predicted molar refractivity (Wildman–Crippen MR) is 107 cm³/mol. The van der Waals surface area contributed by atoms with Crippen molar-refractivity contribution in [1.82, 2.24) is 10.3 Å². The Bertz CT molecular complexity index is 861. The Balaban J connectivity index is 1.63. The Morgan fingerprint density at radius 2 is 2.04 bits per heavy atom. The van der Waals surface area contributed by atoms with Gasteiger partial charge in [0.1, 0.15) is 0 Å². The van der Waals surface area contributed by atoms with E-state index < -0.39 is 0 Å². The molecule has 2 N–H and O–H groups in total. The molecule has 0 amide bonds. The third kappa shape index (κ3) is 4.32. The Kier molecular flexibility index (Phi) is 5.45. The van der Waals surface area contributed by atoms with Crippen molar-refractivity contribution in [2.24, 2.45) is 0 Å². The van der Waals surface area contributed by atoms with E-state index in [9.17, 15) is 0 Å². The van der Waals surface area contributed by atoms with Crippen molar-refractivity contribution < 1.29 is 0 Å². The zero-order valence-corrected chi connectivity index (χ0v) is 15.4. The number of thiocarbonyl (C=S) groups is 1. The summed E-state index contributed by atoms with van der Waals surface area (Å²) in [6.07, 6.45) is 0. The molecule has 24 heavy (non-hydrogen) atoms. The molecule has 3 aromatic rings. The van der Waals surface area contributed by atoms with Crippen LogP contribution in [0.25, 0.3) is 11.3 Å². The van der Waals surface area contributed by atoms with Gasteiger partial charge in [-0.25, -0.2) is 4.98 Å². The van der Waals surface area contributed by atoms with E-state index in [4.69, 9.17) is 23.8 Å². The molecule has 0 spiro atoms. The van der Waals surface area contributed by atoms with Crippen molar-refractivity contribution >= 4 is 46.0 Å². The van der Waals surface area contributed by atoms with E-state index in [2.05, 4.69) is 21.0 Å². The first-order valence-electron chi connectivity index (χ1n) is 7.42. The van der Waals surface area contributed by atoms with Crippen molar-refractivity contribution in [3.63, 3.8) is 0 Å². The van der Waals surface area contributed by atoms with E-state index in [-0.39, 0.29) is 0 Å². The molecule has 2 aromatic carbocycles. The highest BCUT2D eigenvalue weighted by Gasteiger charge is 2.05. The molecule has 122 valence electrons. The van der Waals surface area contributed by atoms with E-state index in [0.29, 0.717) is 11.7 Å². The molecule has 0 fully saturated rings. The minimum atomic E-state index is 0.557. The maximum Gasteiger partial charge on any atom is 0.171 e. The first-order valence-corrected chi connectivity index (χ1v) is 9.09. The summed E-state index contributed by atoms with van der Waals surface area (Å²) in [5, 5.41) is 10.8. The van der Waals surface area contributed by atoms with Gasteiger partial charge in [-0.05, 0) is 42.9 Å². The lowest BCUT2D eigenvalue weighted by Gasteiger charge is -2.12. The van der Waals surface area contributed by atoms with Gasteiger partial charge < -0.3 is 10.6 Å². The van der Waals surface area contributed by atoms with E-state index in [1.165, 1.54) is 0 Å². The lowest BCUT2D eigenvalue weighted by Crippen LogP contribution is -2.27. The summed E-state index contributed by atoms with van der Waals surface area (Å²) in [7, 11) is 0. The normalized spacial score (nSPS) is 10.4. The number of rotatable bonds is 4. The highest BCUT2D eigenvalue weighted by molar-refractivity contribution is 7.80. The topological polar surface area (TPSA) is 37.0 Å². The summed E-state index contributed by atoms with van der Waals surface area (Å²) in [6.45, 7) is 2.58. The number of halogens is 1. The van der Waals surface area contributed by atoms with Crippen molar-refractivity contribution in [1.29, 1.82) is 0 Å². The molecule has 3 nitrogen and oxygen atoms in total. The fourth-order valence-electron chi connectivity index (χ4n) is 2.24. The van der Waals surface area contributed by atoms with Crippen LogP contribution in [0.3, 0.4) is 0 Å². The highest BCUT2D eigenvalue weighted by atomic mass is 35.5. The molecule has 0 saturated carbocycles. The summed E-state index contributed by atoms with van der Waals surface area (Å²) < 4.78 is 0. The highest BCUT2D eigenvalue weighted by Crippen LogP contribution is 2.24. The fraction of sp³-hybridized carbons (Fsp3) is 0.111. The molecular weight excluding hydrogens is 358 g/mol. The van der Waals surface area contributed by atoms with Gasteiger partial charge in [-0.3, -0.25) is 0 Å². The zero-order valence-electron chi connectivity index (χ0n) is 13.0. The maximum absolute atomic E-state index is 6.15. The van der Waals surface area contributed by atoms with E-state index in [0.717, 1.165) is 32.5 Å². The van der Waals surface area contributed by atoms with E-state index in [1.54, 1.807) is 11.3 Å². The van der Waals surface area contributed by atoms with Crippen LogP contribution in [0.4, 0.5) is 5.69 Å². The number of aryl methyl sites for hydroxylation is 1. The maximum atomic E-state index is 6.15. The first kappa shape index (κ1) is 16.9. The number of hydrogen-bond donors (Lipinski definition) is 2. The van der Waals surface area contributed by atoms with Crippen LogP contribution in [-0.4, -0.2) is 10.1 Å². The first-order chi connectivity index (χ1) is 11.6. The molecule has 0 bridgehead atoms. The average molecular weight is 374 g/mol. The number of aromatic nitrogens is 1. The molecule has 0 saturated heterocycles. The number of hydrogen-bond acceptors (Lipinski definition) is 3. The number of benzene rings is 2. The zero-order chi connectivity index (χ0) is 16.9. The predicted octanol–water partition coefficient (Wildman–Crippen LogP) is 5.26. The van der Waals surface area contributed by atoms with Crippen molar-refractivity contribution in [3.8, 4) is 11.3 Å². The molecule has 0 radical (unpaired) electrons. The van der Waals surface area contributed by atoms with Crippen LogP contribution in [-0.2, 0) is 6.54 Å². The van der Waals surface area contributed by atoms with Crippen LogP contribution in [0.5, 0.6) is 0 Å². The molecule has 1 heterocycles. The molecule has 0 aliphatic heterocycles. The van der Waals surface area contributed by atoms with Gasteiger partial charge in [0.05, 0.1) is 10.7 Å². The van der Waals surface area contributed by atoms with Crippen LogP contribution in [0, 0.1) is 6.92 Å². The van der Waals surface area contributed by atoms with Gasteiger partial charge in [0.25, 0.3) is 0 Å². The lowest BCUT2D eigenvalue weighted by molar-refractivity contribution is 0.926. The summed E-state index contributed by atoms with van der Waals surface area (Å²) in [5.41, 5.74) is 3.99. The average Bonchev–Trinajstić information content (AvgIpc) is 3.01. The SMILES string of the molecule is Cc1nc(-c2cccc(NC(=S)NCc3ccccc3Cl)c2)cs1. The molecule has 0 aliphatic rings. The van der Waals surface area contributed by atoms with Gasteiger partial charge in [0, 0.05) is 28.2 Å². The number of thiazole rings is 1. The molecule has 0 aliphatic carbocycles. The Labute approximate surface area is 155 Å². The summed E-state index contributed by atoms with van der Waals surface area (Å²) in [5.74, 6) is 0. The second-order valence-corrected chi connectivity index (χ2v) is 7.11. The van der Waals surface area contributed by atoms with Gasteiger partial charge in [-0.2, -0.15) is 0 Å². The minimum Gasteiger partial charge on any atom is -0.358 e. The third-order valence-corrected chi connectivity index (χ3v) is 4.82. The minimum absolute atomic E-state index is 0.557. The molecular formula is C18H16ClN3S2. The van der Waals surface area contributed by atoms with Crippen molar-refractivity contribution in [3.05, 3.63) is 69.5 Å². The van der Waals surface area contributed by atoms with Crippen LogP contribution >= 0.6 is 35.2 Å². The molecule has 0 atom stereocenters. The van der Waals surface area contributed by atoms with Crippen molar-refractivity contribution in [2.75, 3.05) is 5.32 Å². The summed E-state index contributed by atoms with van der Waals surface area (Å²) in [6, 6.07) is 15.8. The quantitative estimate of drug-likeness (QED) is 0.612. The summed E-state index contributed by atoms with van der Waals surface area (Å²) >= 11 is 13.2. The van der Waals surface area contributed by atoms with Gasteiger partial charge in [-0.15, -0.1) is 11.3 Å². The lowest BCUT2D eigenvalue weighted by atomic mass is 10.1. The van der Waals surface area contributed by atoms with E-state index in [1.807, 2.05) is 55.5 Å². The second kappa shape index (κ2) is 7.75. The van der Waals surface area contributed by atoms with Gasteiger partial charge in [0.15, 0.2) is 5.11 Å². The number of anilines is 1. The Hall–Kier alpha value is -1.95. The molecule has 1 aromatic heterocycles.